The molecule has 2 fully saturated rings. The van der Waals surface area contributed by atoms with Gasteiger partial charge in [-0.1, -0.05) is 85.7 Å². The molecule has 4 rings (SSSR count). The van der Waals surface area contributed by atoms with E-state index in [1.807, 2.05) is 30.3 Å². The topological polar surface area (TPSA) is 29.5 Å². The van der Waals surface area contributed by atoms with Crippen molar-refractivity contribution in [3.63, 3.8) is 0 Å². The molecule has 1 aliphatic heterocycles. The van der Waals surface area contributed by atoms with Gasteiger partial charge >= 0.3 is 0 Å². The quantitative estimate of drug-likeness (QED) is 0.604. The second kappa shape index (κ2) is 9.54. The summed E-state index contributed by atoms with van der Waals surface area (Å²) in [5, 5.41) is 10.9. The molecule has 1 heterocycles. The van der Waals surface area contributed by atoms with E-state index in [1.165, 1.54) is 31.2 Å². The van der Waals surface area contributed by atoms with E-state index < -0.39 is 6.10 Å². The van der Waals surface area contributed by atoms with Crippen LogP contribution in [0.1, 0.15) is 61.9 Å². The van der Waals surface area contributed by atoms with Crippen LogP contribution < -0.4 is 0 Å². The van der Waals surface area contributed by atoms with Gasteiger partial charge in [0.25, 0.3) is 0 Å². The summed E-state index contributed by atoms with van der Waals surface area (Å²) in [5.74, 6) is 1.31. The van der Waals surface area contributed by atoms with Crippen molar-refractivity contribution in [1.82, 2.24) is 0 Å². The van der Waals surface area contributed by atoms with E-state index in [1.54, 1.807) is 0 Å². The van der Waals surface area contributed by atoms with Crippen LogP contribution in [0, 0.1) is 17.8 Å². The van der Waals surface area contributed by atoms with Crippen LogP contribution in [-0.4, -0.2) is 11.7 Å². The first-order valence-electron chi connectivity index (χ1n) is 10.9. The minimum atomic E-state index is -0.459. The first kappa shape index (κ1) is 19.4. The molecule has 1 saturated carbocycles. The second-order valence-corrected chi connectivity index (χ2v) is 8.48. The second-order valence-electron chi connectivity index (χ2n) is 8.48. The van der Waals surface area contributed by atoms with Gasteiger partial charge in [-0.05, 0) is 48.6 Å². The molecule has 0 amide bonds. The highest BCUT2D eigenvalue weighted by Crippen LogP contribution is 2.42. The number of hydrogen-bond donors (Lipinski definition) is 1. The predicted molar refractivity (Wildman–Crippen MR) is 114 cm³/mol. The average molecular weight is 377 g/mol. The van der Waals surface area contributed by atoms with Gasteiger partial charge in [-0.3, -0.25) is 0 Å². The third kappa shape index (κ3) is 4.74. The predicted octanol–water partition coefficient (Wildman–Crippen LogP) is 6.25. The fourth-order valence-corrected chi connectivity index (χ4v) is 4.91. The van der Waals surface area contributed by atoms with Crippen molar-refractivity contribution in [1.29, 1.82) is 0 Å². The van der Waals surface area contributed by atoms with Gasteiger partial charge in [-0.2, -0.15) is 0 Å². The third-order valence-electron chi connectivity index (χ3n) is 6.49. The Morgan fingerprint density at radius 1 is 0.964 bits per heavy atom. The highest BCUT2D eigenvalue weighted by Gasteiger charge is 2.35. The van der Waals surface area contributed by atoms with Crippen molar-refractivity contribution >= 4 is 0 Å². The molecule has 0 bridgehead atoms. The Morgan fingerprint density at radius 2 is 1.64 bits per heavy atom. The lowest BCUT2D eigenvalue weighted by molar-refractivity contribution is -0.0900. The minimum absolute atomic E-state index is 0.119. The summed E-state index contributed by atoms with van der Waals surface area (Å²) < 4.78 is 6.36. The molecule has 2 heteroatoms. The first-order chi connectivity index (χ1) is 13.8. The Bertz CT molecular complexity index is 734. The van der Waals surface area contributed by atoms with E-state index in [0.717, 1.165) is 24.3 Å². The van der Waals surface area contributed by atoms with Crippen LogP contribution in [-0.2, 0) is 4.74 Å². The summed E-state index contributed by atoms with van der Waals surface area (Å²) >= 11 is 0. The van der Waals surface area contributed by atoms with Gasteiger partial charge in [0.1, 0.15) is 0 Å². The SMILES string of the molecule is O[C@@H](c1ccccc1)[C@H]1CO[C@H](c2ccccc2)[C@@H](C/C=C/C2CCCC2)C1. The smallest absolute Gasteiger partial charge is 0.0856 e. The molecular weight excluding hydrogens is 344 g/mol. The zero-order valence-electron chi connectivity index (χ0n) is 16.6. The standard InChI is InChI=1S/C26H32O2/c27-25(21-13-3-1-4-14-21)24-18-23(17-9-12-20-10-7-8-11-20)26(28-19-24)22-15-5-2-6-16-22/h1-6,9,12-16,20,23-27H,7-8,10-11,17-19H2/b12-9+/t23-,24+,25-,26+/m0/s1. The maximum absolute atomic E-state index is 10.9. The monoisotopic (exact) mass is 376 g/mol. The molecule has 4 atom stereocenters. The van der Waals surface area contributed by atoms with Gasteiger partial charge in [0, 0.05) is 5.92 Å². The molecule has 148 valence electrons. The number of allylic oxidation sites excluding steroid dienone is 2. The summed E-state index contributed by atoms with van der Waals surface area (Å²) in [5.41, 5.74) is 2.25. The highest BCUT2D eigenvalue weighted by atomic mass is 16.5. The van der Waals surface area contributed by atoms with Crippen LogP contribution in [0.4, 0.5) is 0 Å². The first-order valence-corrected chi connectivity index (χ1v) is 10.9. The third-order valence-corrected chi connectivity index (χ3v) is 6.49. The van der Waals surface area contributed by atoms with Crippen LogP contribution in [0.2, 0.25) is 0 Å². The van der Waals surface area contributed by atoms with E-state index in [-0.39, 0.29) is 12.0 Å². The Labute approximate surface area is 169 Å². The molecule has 28 heavy (non-hydrogen) atoms. The van der Waals surface area contributed by atoms with E-state index in [4.69, 9.17) is 4.74 Å². The summed E-state index contributed by atoms with van der Waals surface area (Å²) in [7, 11) is 0. The van der Waals surface area contributed by atoms with E-state index in [0.29, 0.717) is 12.5 Å². The molecule has 1 aliphatic carbocycles. The maximum Gasteiger partial charge on any atom is 0.0856 e. The summed E-state index contributed by atoms with van der Waals surface area (Å²) in [6, 6.07) is 20.6. The summed E-state index contributed by atoms with van der Waals surface area (Å²) in [6.07, 6.45) is 11.9. The van der Waals surface area contributed by atoms with Gasteiger partial charge < -0.3 is 9.84 Å². The Balaban J connectivity index is 1.47. The number of benzene rings is 2. The highest BCUT2D eigenvalue weighted by molar-refractivity contribution is 5.21. The molecule has 0 spiro atoms. The van der Waals surface area contributed by atoms with Crippen molar-refractivity contribution in [2.24, 2.45) is 17.8 Å². The molecule has 0 radical (unpaired) electrons. The average Bonchev–Trinajstić information content (AvgIpc) is 3.28. The fourth-order valence-electron chi connectivity index (χ4n) is 4.91. The number of hydrogen-bond acceptors (Lipinski definition) is 2. The Hall–Kier alpha value is -1.90. The van der Waals surface area contributed by atoms with Gasteiger partial charge in [0.2, 0.25) is 0 Å². The van der Waals surface area contributed by atoms with Crippen LogP contribution in [0.15, 0.2) is 72.8 Å². The molecule has 2 aromatic rings. The van der Waals surface area contributed by atoms with Gasteiger partial charge in [0.15, 0.2) is 0 Å². The van der Waals surface area contributed by atoms with E-state index >= 15 is 0 Å². The van der Waals surface area contributed by atoms with Gasteiger partial charge in [-0.25, -0.2) is 0 Å². The molecule has 1 N–H and O–H groups in total. The summed E-state index contributed by atoms with van der Waals surface area (Å²) in [4.78, 5) is 0. The van der Waals surface area contributed by atoms with Crippen molar-refractivity contribution in [3.8, 4) is 0 Å². The largest absolute Gasteiger partial charge is 0.388 e. The molecule has 1 saturated heterocycles. The molecule has 2 nitrogen and oxygen atoms in total. The number of aliphatic hydroxyl groups excluding tert-OH is 1. The minimum Gasteiger partial charge on any atom is -0.388 e. The number of ether oxygens (including phenoxy) is 1. The van der Waals surface area contributed by atoms with Crippen LogP contribution in [0.5, 0.6) is 0 Å². The van der Waals surface area contributed by atoms with Crippen LogP contribution in [0.3, 0.4) is 0 Å². The zero-order chi connectivity index (χ0) is 19.2. The van der Waals surface area contributed by atoms with Crippen molar-refractivity contribution in [2.45, 2.75) is 50.7 Å². The lowest BCUT2D eigenvalue weighted by atomic mass is 9.79. The van der Waals surface area contributed by atoms with Crippen LogP contribution >= 0.6 is 0 Å². The number of rotatable bonds is 6. The van der Waals surface area contributed by atoms with Crippen LogP contribution in [0.25, 0.3) is 0 Å². The Morgan fingerprint density at radius 3 is 2.36 bits per heavy atom. The van der Waals surface area contributed by atoms with Crippen molar-refractivity contribution in [3.05, 3.63) is 83.9 Å². The normalized spacial score (nSPS) is 27.2. The van der Waals surface area contributed by atoms with E-state index in [9.17, 15) is 5.11 Å². The van der Waals surface area contributed by atoms with Crippen molar-refractivity contribution in [2.75, 3.05) is 6.61 Å². The van der Waals surface area contributed by atoms with Gasteiger partial charge in [-0.15, -0.1) is 0 Å². The van der Waals surface area contributed by atoms with Crippen molar-refractivity contribution < 1.29 is 9.84 Å². The van der Waals surface area contributed by atoms with Gasteiger partial charge in [0.05, 0.1) is 18.8 Å². The molecule has 0 aromatic heterocycles. The maximum atomic E-state index is 10.9. The zero-order valence-corrected chi connectivity index (χ0v) is 16.6. The molecule has 0 unspecified atom stereocenters. The lowest BCUT2D eigenvalue weighted by Gasteiger charge is -2.38. The molecular formula is C26H32O2. The summed E-state index contributed by atoms with van der Waals surface area (Å²) in [6.45, 7) is 0.610. The van der Waals surface area contributed by atoms with E-state index in [2.05, 4.69) is 42.5 Å². The lowest BCUT2D eigenvalue weighted by Crippen LogP contribution is -2.32. The molecule has 2 aliphatic rings. The Kier molecular flexibility index (Phi) is 6.61. The number of aliphatic hydroxyl groups is 1. The fraction of sp³-hybridized carbons (Fsp3) is 0.462. The molecule has 2 aromatic carbocycles.